The average Bonchev–Trinajstić information content (AvgIpc) is 3.08. The Hall–Kier alpha value is -2.70. The largest absolute Gasteiger partial charge is 0.457 e. The number of hydrogen-bond acceptors (Lipinski definition) is 13. The van der Waals surface area contributed by atoms with Crippen LogP contribution in [-0.4, -0.2) is 100 Å². The molecule has 3 aliphatic rings. The molecule has 5 rings (SSSR count). The molecule has 0 spiro atoms. The summed E-state index contributed by atoms with van der Waals surface area (Å²) in [6.07, 6.45) is -8.38. The molecule has 51 heavy (non-hydrogen) atoms. The molecule has 13 atom stereocenters. The normalized spacial score (nSPS) is 36.9. The highest BCUT2D eigenvalue weighted by atomic mass is 127. The van der Waals surface area contributed by atoms with Gasteiger partial charge in [0.25, 0.3) is 0 Å². The van der Waals surface area contributed by atoms with E-state index in [1.165, 1.54) is 13.8 Å². The Morgan fingerprint density at radius 3 is 1.94 bits per heavy atom. The highest BCUT2D eigenvalue weighted by Crippen LogP contribution is 2.40. The average molecular weight is 827 g/mol. The van der Waals surface area contributed by atoms with Gasteiger partial charge in [0.15, 0.2) is 37.2 Å². The summed E-state index contributed by atoms with van der Waals surface area (Å²) in [5.41, 5.74) is -0.162. The van der Waals surface area contributed by atoms with Crippen molar-refractivity contribution in [3.63, 3.8) is 0 Å². The number of ether oxygens (including phenoxy) is 9. The summed E-state index contributed by atoms with van der Waals surface area (Å²) in [6, 6.07) is 18.3. The number of halogens is 1. The molecule has 0 radical (unpaired) electrons. The number of rotatable bonds is 11. The molecule has 0 bridgehead atoms. The number of esters is 3. The molecule has 2 aromatic carbocycles. The Bertz CT molecular complexity index is 1460. The molecule has 1 N–H and O–H groups in total. The molecule has 0 unspecified atom stereocenters. The van der Waals surface area contributed by atoms with Crippen molar-refractivity contribution >= 4 is 40.5 Å². The van der Waals surface area contributed by atoms with Gasteiger partial charge < -0.3 is 47.7 Å². The number of carbonyl (C=O) groups is 3. The zero-order chi connectivity index (χ0) is 36.9. The minimum Gasteiger partial charge on any atom is -0.457 e. The minimum absolute atomic E-state index is 0.0933. The minimum atomic E-state index is -1.51. The zero-order valence-corrected chi connectivity index (χ0v) is 31.7. The van der Waals surface area contributed by atoms with Gasteiger partial charge >= 0.3 is 17.9 Å². The number of benzene rings is 2. The standard InChI is InChI=1S/C37H47IO13/c1-20-31(47-23(4)39)28(50-36-33(38)37(6,42)34(22(3)46-36)48-24(5)40)18-30(45-20)49-27-17-29(43-19-25-13-9-7-10-14-25)44-21(2)32(27)51-35(41)26-15-11-8-12-16-26/h7-16,20-22,27-34,36,42H,17-19H2,1-6H3/t20-,21-,22+,27-,28-,29-,30+,31-,32-,33+,34+,36+,37+/m1/s1. The Kier molecular flexibility index (Phi) is 13.5. The van der Waals surface area contributed by atoms with Gasteiger partial charge in [-0.3, -0.25) is 9.59 Å². The van der Waals surface area contributed by atoms with Crippen LogP contribution in [0.1, 0.15) is 70.3 Å². The summed E-state index contributed by atoms with van der Waals surface area (Å²) in [5, 5.41) is 11.5. The van der Waals surface area contributed by atoms with Gasteiger partial charge in [0.2, 0.25) is 0 Å². The molecular formula is C37H47IO13. The molecule has 3 heterocycles. The van der Waals surface area contributed by atoms with E-state index in [0.29, 0.717) is 12.2 Å². The summed E-state index contributed by atoms with van der Waals surface area (Å²) in [4.78, 5) is 37.2. The molecule has 0 aromatic heterocycles. The van der Waals surface area contributed by atoms with E-state index in [2.05, 4.69) is 0 Å². The predicted molar refractivity (Wildman–Crippen MR) is 188 cm³/mol. The van der Waals surface area contributed by atoms with Crippen molar-refractivity contribution in [2.45, 2.75) is 138 Å². The van der Waals surface area contributed by atoms with Gasteiger partial charge in [0, 0.05) is 26.7 Å². The summed E-state index contributed by atoms with van der Waals surface area (Å²) in [6.45, 7) is 9.65. The maximum absolute atomic E-state index is 13.2. The molecule has 0 saturated carbocycles. The number of aliphatic hydroxyl groups is 1. The molecule has 2 aromatic rings. The number of hydrogen-bond donors (Lipinski definition) is 1. The Balaban J connectivity index is 1.35. The van der Waals surface area contributed by atoms with Crippen LogP contribution in [0.3, 0.4) is 0 Å². The second-order valence-electron chi connectivity index (χ2n) is 13.3. The fraction of sp³-hybridized carbons (Fsp3) is 0.595. The van der Waals surface area contributed by atoms with Gasteiger partial charge in [-0.1, -0.05) is 71.1 Å². The molecule has 14 heteroatoms. The SMILES string of the molecule is CC(=O)O[C@@H]1[C@@H](C)O[C@@H](O[C@@H]2C[C@H](OCc3ccccc3)O[C@H](C)[C@H]2OC(=O)c2ccccc2)C[C@H]1O[C@@H]1O[C@@H](C)[C@H](OC(C)=O)[C@@](C)(O)[C@H]1I. The first-order valence-electron chi connectivity index (χ1n) is 17.1. The van der Waals surface area contributed by atoms with E-state index >= 15 is 0 Å². The van der Waals surface area contributed by atoms with E-state index in [0.717, 1.165) is 5.56 Å². The maximum Gasteiger partial charge on any atom is 0.338 e. The van der Waals surface area contributed by atoms with Crippen LogP contribution in [0.4, 0.5) is 0 Å². The smallest absolute Gasteiger partial charge is 0.338 e. The quantitative estimate of drug-likeness (QED) is 0.145. The molecule has 3 saturated heterocycles. The van der Waals surface area contributed by atoms with Crippen molar-refractivity contribution in [2.75, 3.05) is 0 Å². The first kappa shape index (κ1) is 39.5. The first-order chi connectivity index (χ1) is 24.2. The predicted octanol–water partition coefficient (Wildman–Crippen LogP) is 4.63. The fourth-order valence-electron chi connectivity index (χ4n) is 6.64. The van der Waals surface area contributed by atoms with Crippen molar-refractivity contribution in [1.82, 2.24) is 0 Å². The van der Waals surface area contributed by atoms with E-state index in [1.807, 2.05) is 59.0 Å². The Morgan fingerprint density at radius 1 is 0.765 bits per heavy atom. The van der Waals surface area contributed by atoms with Crippen LogP contribution >= 0.6 is 22.6 Å². The van der Waals surface area contributed by atoms with Gasteiger partial charge in [-0.15, -0.1) is 0 Å². The second-order valence-corrected chi connectivity index (χ2v) is 14.7. The van der Waals surface area contributed by atoms with Crippen molar-refractivity contribution in [1.29, 1.82) is 0 Å². The van der Waals surface area contributed by atoms with Crippen molar-refractivity contribution in [3.8, 4) is 0 Å². The monoisotopic (exact) mass is 826 g/mol. The first-order valence-corrected chi connectivity index (χ1v) is 18.4. The molecule has 0 aliphatic carbocycles. The molecule has 13 nitrogen and oxygen atoms in total. The van der Waals surface area contributed by atoms with Crippen LogP contribution < -0.4 is 0 Å². The van der Waals surface area contributed by atoms with Gasteiger partial charge in [0.05, 0.1) is 34.4 Å². The third-order valence-electron chi connectivity index (χ3n) is 9.15. The lowest BCUT2D eigenvalue weighted by Crippen LogP contribution is -2.65. The van der Waals surface area contributed by atoms with E-state index in [-0.39, 0.29) is 12.8 Å². The van der Waals surface area contributed by atoms with Crippen LogP contribution in [0.5, 0.6) is 0 Å². The summed E-state index contributed by atoms with van der Waals surface area (Å²) >= 11 is 2.01. The van der Waals surface area contributed by atoms with Crippen molar-refractivity contribution in [3.05, 3.63) is 71.8 Å². The molecule has 3 fully saturated rings. The van der Waals surface area contributed by atoms with Gasteiger partial charge in [-0.2, -0.15) is 0 Å². The lowest BCUT2D eigenvalue weighted by atomic mass is 9.88. The summed E-state index contributed by atoms with van der Waals surface area (Å²) in [7, 11) is 0. The van der Waals surface area contributed by atoms with Gasteiger partial charge in [-0.25, -0.2) is 4.79 Å². The van der Waals surface area contributed by atoms with E-state index in [9.17, 15) is 19.5 Å². The lowest BCUT2D eigenvalue weighted by Gasteiger charge is -2.49. The van der Waals surface area contributed by atoms with Crippen LogP contribution in [0.25, 0.3) is 0 Å². The van der Waals surface area contributed by atoms with Gasteiger partial charge in [-0.05, 0) is 45.4 Å². The van der Waals surface area contributed by atoms with Crippen LogP contribution in [0.2, 0.25) is 0 Å². The summed E-state index contributed by atoms with van der Waals surface area (Å²) in [5.74, 6) is -1.60. The maximum atomic E-state index is 13.2. The third kappa shape index (κ3) is 10.0. The number of carbonyl (C=O) groups excluding carboxylic acids is 3. The number of alkyl halides is 1. The van der Waals surface area contributed by atoms with Crippen LogP contribution in [0.15, 0.2) is 60.7 Å². The van der Waals surface area contributed by atoms with Crippen LogP contribution in [0, 0.1) is 0 Å². The third-order valence-corrected chi connectivity index (χ3v) is 11.0. The summed E-state index contributed by atoms with van der Waals surface area (Å²) < 4.78 is 54.2. The van der Waals surface area contributed by atoms with E-state index in [1.54, 1.807) is 52.0 Å². The Labute approximate surface area is 311 Å². The van der Waals surface area contributed by atoms with E-state index in [4.69, 9.17) is 42.6 Å². The van der Waals surface area contributed by atoms with Crippen LogP contribution in [-0.2, 0) is 58.8 Å². The molecule has 0 amide bonds. The topological polar surface area (TPSA) is 155 Å². The van der Waals surface area contributed by atoms with Crippen molar-refractivity contribution in [2.24, 2.45) is 0 Å². The lowest BCUT2D eigenvalue weighted by molar-refractivity contribution is -0.331. The second kappa shape index (κ2) is 17.4. The molecular weight excluding hydrogens is 779 g/mol. The molecule has 280 valence electrons. The van der Waals surface area contributed by atoms with Gasteiger partial charge in [0.1, 0.15) is 17.8 Å². The van der Waals surface area contributed by atoms with E-state index < -0.39 is 95.1 Å². The van der Waals surface area contributed by atoms with Crippen molar-refractivity contribution < 1.29 is 62.1 Å². The zero-order valence-electron chi connectivity index (χ0n) is 29.5. The highest BCUT2D eigenvalue weighted by Gasteiger charge is 2.55. The fourth-order valence-corrected chi connectivity index (χ4v) is 7.34. The molecule has 3 aliphatic heterocycles. The highest BCUT2D eigenvalue weighted by molar-refractivity contribution is 14.1. The Morgan fingerprint density at radius 2 is 1.31 bits per heavy atom.